The summed E-state index contributed by atoms with van der Waals surface area (Å²) >= 11 is 0. The van der Waals surface area contributed by atoms with Crippen LogP contribution >= 0.6 is 0 Å². The molecule has 1 saturated carbocycles. The first kappa shape index (κ1) is 44.7. The molecule has 0 radical (unpaired) electrons. The number of amides is 5. The third-order valence-electron chi connectivity index (χ3n) is 8.49. The quantitative estimate of drug-likeness (QED) is 0.103. The van der Waals surface area contributed by atoms with E-state index in [1.54, 1.807) is 58.0 Å². The molecule has 0 bridgehead atoms. The summed E-state index contributed by atoms with van der Waals surface area (Å²) in [7, 11) is 0. The Morgan fingerprint density at radius 1 is 0.792 bits per heavy atom. The maximum atomic E-state index is 13.7. The van der Waals surface area contributed by atoms with Gasteiger partial charge in [-0.05, 0) is 69.8 Å². The van der Waals surface area contributed by atoms with Crippen molar-refractivity contribution in [2.45, 2.75) is 137 Å². The van der Waals surface area contributed by atoms with Crippen LogP contribution in [0.5, 0.6) is 0 Å². The van der Waals surface area contributed by atoms with Gasteiger partial charge in [0.05, 0.1) is 19.2 Å². The molecule has 14 heteroatoms. The van der Waals surface area contributed by atoms with Crippen LogP contribution in [-0.2, 0) is 38.2 Å². The smallest absolute Gasteiger partial charge is 0.407 e. The SMILES string of the molecule is CCCC(NC(=O)[C@H](CC(C)C)NC(=O)[C@@H](NC(=O)OCC(C)C)C1CCCCC1)C(=O)C(=O)NCC(=O)NC(C(=O)OC(C)(C)C)c1ccccc1. The van der Waals surface area contributed by atoms with E-state index >= 15 is 0 Å². The lowest BCUT2D eigenvalue weighted by atomic mass is 9.83. The Kier molecular flexibility index (Phi) is 18.5. The first-order valence-corrected chi connectivity index (χ1v) is 18.8. The van der Waals surface area contributed by atoms with Crippen molar-refractivity contribution >= 4 is 41.5 Å². The zero-order valence-electron chi connectivity index (χ0n) is 32.7. The van der Waals surface area contributed by atoms with Crippen LogP contribution in [0.4, 0.5) is 4.79 Å². The lowest BCUT2D eigenvalue weighted by molar-refractivity contribution is -0.158. The zero-order chi connectivity index (χ0) is 39.7. The molecule has 1 aromatic carbocycles. The average Bonchev–Trinajstić information content (AvgIpc) is 3.09. The number of ketones is 1. The zero-order valence-corrected chi connectivity index (χ0v) is 32.7. The molecule has 0 heterocycles. The Labute approximate surface area is 314 Å². The molecule has 0 aromatic heterocycles. The van der Waals surface area contributed by atoms with Gasteiger partial charge in [-0.15, -0.1) is 0 Å². The molecule has 0 aliphatic heterocycles. The van der Waals surface area contributed by atoms with Crippen molar-refractivity contribution in [1.82, 2.24) is 26.6 Å². The fourth-order valence-corrected chi connectivity index (χ4v) is 5.97. The van der Waals surface area contributed by atoms with Gasteiger partial charge in [-0.25, -0.2) is 9.59 Å². The van der Waals surface area contributed by atoms with Gasteiger partial charge in [-0.3, -0.25) is 24.0 Å². The molecule has 2 rings (SSSR count). The average molecular weight is 744 g/mol. The van der Waals surface area contributed by atoms with Crippen molar-refractivity contribution in [2.24, 2.45) is 17.8 Å². The van der Waals surface area contributed by atoms with Crippen molar-refractivity contribution in [1.29, 1.82) is 0 Å². The topological polar surface area (TPSA) is 198 Å². The van der Waals surface area contributed by atoms with E-state index in [1.807, 2.05) is 27.7 Å². The monoisotopic (exact) mass is 743 g/mol. The molecule has 4 atom stereocenters. The van der Waals surface area contributed by atoms with Gasteiger partial charge in [-0.1, -0.05) is 90.6 Å². The number of hydrogen-bond donors (Lipinski definition) is 5. The van der Waals surface area contributed by atoms with Crippen molar-refractivity contribution < 1.29 is 43.0 Å². The van der Waals surface area contributed by atoms with Gasteiger partial charge in [-0.2, -0.15) is 0 Å². The van der Waals surface area contributed by atoms with E-state index in [9.17, 15) is 33.6 Å². The van der Waals surface area contributed by atoms with E-state index in [4.69, 9.17) is 9.47 Å². The van der Waals surface area contributed by atoms with Crippen LogP contribution in [0.3, 0.4) is 0 Å². The fraction of sp³-hybridized carbons (Fsp3) is 0.667. The summed E-state index contributed by atoms with van der Waals surface area (Å²) in [5, 5.41) is 13.0. The van der Waals surface area contributed by atoms with E-state index < -0.39 is 77.8 Å². The molecular weight excluding hydrogens is 682 g/mol. The third-order valence-corrected chi connectivity index (χ3v) is 8.49. The highest BCUT2D eigenvalue weighted by Gasteiger charge is 2.36. The second kappa shape index (κ2) is 21.9. The Bertz CT molecular complexity index is 1390. The minimum atomic E-state index is -1.24. The van der Waals surface area contributed by atoms with Crippen LogP contribution in [-0.4, -0.2) is 78.4 Å². The summed E-state index contributed by atoms with van der Waals surface area (Å²) in [6, 6.07) is 4.09. The van der Waals surface area contributed by atoms with Crippen molar-refractivity contribution in [2.75, 3.05) is 13.2 Å². The fourth-order valence-electron chi connectivity index (χ4n) is 5.97. The van der Waals surface area contributed by atoms with Gasteiger partial charge in [0.15, 0.2) is 6.04 Å². The number of carbonyl (C=O) groups excluding carboxylic acids is 7. The van der Waals surface area contributed by atoms with Gasteiger partial charge in [0.1, 0.15) is 17.7 Å². The highest BCUT2D eigenvalue weighted by molar-refractivity contribution is 6.38. The number of rotatable bonds is 19. The number of Topliss-reactive ketones (excluding diaryl/α,β-unsaturated/α-hetero) is 1. The van der Waals surface area contributed by atoms with E-state index in [0.717, 1.165) is 32.1 Å². The summed E-state index contributed by atoms with van der Waals surface area (Å²) in [4.78, 5) is 92.2. The highest BCUT2D eigenvalue weighted by atomic mass is 16.6. The molecule has 1 aliphatic carbocycles. The van der Waals surface area contributed by atoms with Gasteiger partial charge in [0.25, 0.3) is 5.91 Å². The summed E-state index contributed by atoms with van der Waals surface area (Å²) in [6.07, 6.45) is 4.41. The van der Waals surface area contributed by atoms with Gasteiger partial charge in [0.2, 0.25) is 23.5 Å². The Hall–Kier alpha value is -4.49. The molecular formula is C39H61N5O9. The molecule has 1 fully saturated rings. The number of hydrogen-bond acceptors (Lipinski definition) is 9. The maximum absolute atomic E-state index is 13.7. The first-order valence-electron chi connectivity index (χ1n) is 18.8. The van der Waals surface area contributed by atoms with Crippen LogP contribution in [0.15, 0.2) is 30.3 Å². The summed E-state index contributed by atoms with van der Waals surface area (Å²) in [5.74, 6) is -4.75. The highest BCUT2D eigenvalue weighted by Crippen LogP contribution is 2.27. The van der Waals surface area contributed by atoms with Crippen LogP contribution in [0.1, 0.15) is 118 Å². The molecule has 1 aliphatic rings. The van der Waals surface area contributed by atoms with Crippen molar-refractivity contribution in [3.8, 4) is 0 Å². The van der Waals surface area contributed by atoms with E-state index in [-0.39, 0.29) is 37.2 Å². The number of esters is 1. The summed E-state index contributed by atoms with van der Waals surface area (Å²) in [6.45, 7) is 14.0. The second-order valence-electron chi connectivity index (χ2n) is 15.5. The van der Waals surface area contributed by atoms with Crippen molar-refractivity contribution in [3.05, 3.63) is 35.9 Å². The maximum Gasteiger partial charge on any atom is 0.407 e. The summed E-state index contributed by atoms with van der Waals surface area (Å²) in [5.41, 5.74) is -0.349. The summed E-state index contributed by atoms with van der Waals surface area (Å²) < 4.78 is 10.8. The van der Waals surface area contributed by atoms with Crippen LogP contribution in [0.2, 0.25) is 0 Å². The van der Waals surface area contributed by atoms with Crippen LogP contribution in [0, 0.1) is 17.8 Å². The lowest BCUT2D eigenvalue weighted by Crippen LogP contribution is -2.58. The molecule has 0 spiro atoms. The molecule has 5 N–H and O–H groups in total. The normalized spacial score (nSPS) is 15.7. The molecule has 296 valence electrons. The minimum Gasteiger partial charge on any atom is -0.458 e. The third kappa shape index (κ3) is 16.4. The number of alkyl carbamates (subject to hydrolysis) is 1. The van der Waals surface area contributed by atoms with Gasteiger partial charge in [0, 0.05) is 0 Å². The lowest BCUT2D eigenvalue weighted by Gasteiger charge is -2.31. The van der Waals surface area contributed by atoms with E-state index in [0.29, 0.717) is 12.0 Å². The van der Waals surface area contributed by atoms with Gasteiger partial charge < -0.3 is 36.1 Å². The predicted molar refractivity (Wildman–Crippen MR) is 199 cm³/mol. The number of ether oxygens (including phenoxy) is 2. The first-order chi connectivity index (χ1) is 24.9. The standard InChI is InChI=1S/C39H61N5O9/c1-9-16-28(33(46)36(49)40-22-30(45)43-32(27-19-14-11-15-20-27)37(50)53-39(6,7)8)41-34(47)29(21-24(2)3)42-35(48)31(26-17-12-10-13-18-26)44-38(51)52-23-25(4)5/h11,14-15,19-20,24-26,28-29,31-32H,9-10,12-13,16-18,21-23H2,1-8H3,(H,40,49)(H,41,47)(H,42,48)(H,43,45)(H,44,51)/t28?,29-,31-,32?/m0/s1. The van der Waals surface area contributed by atoms with E-state index in [1.165, 1.54) is 0 Å². The van der Waals surface area contributed by atoms with Crippen LogP contribution in [0.25, 0.3) is 0 Å². The largest absolute Gasteiger partial charge is 0.458 e. The molecule has 14 nitrogen and oxygen atoms in total. The molecule has 2 unspecified atom stereocenters. The van der Waals surface area contributed by atoms with E-state index in [2.05, 4.69) is 26.6 Å². The van der Waals surface area contributed by atoms with Crippen LogP contribution < -0.4 is 26.6 Å². The number of benzene rings is 1. The number of nitrogens with one attached hydrogen (secondary N) is 5. The molecule has 53 heavy (non-hydrogen) atoms. The van der Waals surface area contributed by atoms with Gasteiger partial charge >= 0.3 is 12.1 Å². The Morgan fingerprint density at radius 3 is 1.98 bits per heavy atom. The minimum absolute atomic E-state index is 0.0364. The Balaban J connectivity index is 2.13. The molecule has 1 aromatic rings. The Morgan fingerprint density at radius 2 is 1.42 bits per heavy atom. The molecule has 5 amide bonds. The second-order valence-corrected chi connectivity index (χ2v) is 15.5. The van der Waals surface area contributed by atoms with Crippen molar-refractivity contribution in [3.63, 3.8) is 0 Å². The number of carbonyl (C=O) groups is 7. The molecule has 0 saturated heterocycles. The predicted octanol–water partition coefficient (Wildman–Crippen LogP) is 4.02.